The molecule has 0 radical (unpaired) electrons. The van der Waals surface area contributed by atoms with E-state index in [2.05, 4.69) is 30.2 Å². The highest BCUT2D eigenvalue weighted by molar-refractivity contribution is 5.38. The Balaban J connectivity index is 2.21. The maximum absolute atomic E-state index is 9.14. The van der Waals surface area contributed by atoms with Gasteiger partial charge in [-0.15, -0.1) is 5.10 Å². The quantitative estimate of drug-likeness (QED) is 0.846. The maximum atomic E-state index is 9.14. The number of rotatable bonds is 5. The van der Waals surface area contributed by atoms with Gasteiger partial charge in [-0.05, 0) is 37.0 Å². The van der Waals surface area contributed by atoms with E-state index in [1.165, 1.54) is 5.56 Å². The van der Waals surface area contributed by atoms with Crippen LogP contribution in [0.25, 0.3) is 0 Å². The molecule has 0 aliphatic carbocycles. The number of nitriles is 1. The third kappa shape index (κ3) is 3.40. The number of nitrogens with zero attached hydrogens (tertiary/aromatic N) is 4. The van der Waals surface area contributed by atoms with E-state index in [9.17, 15) is 0 Å². The summed E-state index contributed by atoms with van der Waals surface area (Å²) in [4.78, 5) is 0. The van der Waals surface area contributed by atoms with E-state index in [-0.39, 0.29) is 0 Å². The molecule has 0 fully saturated rings. The molecule has 0 aliphatic heterocycles. The summed E-state index contributed by atoms with van der Waals surface area (Å²) >= 11 is 0. The average Bonchev–Trinajstić information content (AvgIpc) is 2.82. The molecule has 0 atom stereocenters. The van der Waals surface area contributed by atoms with Gasteiger partial charge in [0, 0.05) is 6.54 Å². The summed E-state index contributed by atoms with van der Waals surface area (Å²) in [5, 5.41) is 17.1. The van der Waals surface area contributed by atoms with Crippen molar-refractivity contribution in [2.45, 2.75) is 40.8 Å². The van der Waals surface area contributed by atoms with Crippen molar-refractivity contribution in [2.24, 2.45) is 5.92 Å². The lowest BCUT2D eigenvalue weighted by atomic mass is 10.1. The first kappa shape index (κ1) is 15.0. The van der Waals surface area contributed by atoms with Crippen molar-refractivity contribution in [3.63, 3.8) is 0 Å². The third-order valence-corrected chi connectivity index (χ3v) is 3.40. The van der Waals surface area contributed by atoms with Crippen LogP contribution in [0, 0.1) is 31.1 Å². The van der Waals surface area contributed by atoms with E-state index in [1.54, 1.807) is 4.68 Å². The molecule has 0 N–H and O–H groups in total. The zero-order valence-corrected chi connectivity index (χ0v) is 12.9. The van der Waals surface area contributed by atoms with Crippen molar-refractivity contribution in [1.29, 1.82) is 5.26 Å². The summed E-state index contributed by atoms with van der Waals surface area (Å²) < 4.78 is 7.63. The first-order valence-corrected chi connectivity index (χ1v) is 7.04. The van der Waals surface area contributed by atoms with Crippen LogP contribution < -0.4 is 4.74 Å². The lowest BCUT2D eigenvalue weighted by Crippen LogP contribution is -2.12. The number of aryl methyl sites for hydroxylation is 1. The molecule has 0 amide bonds. The van der Waals surface area contributed by atoms with Gasteiger partial charge in [-0.25, -0.2) is 4.68 Å². The van der Waals surface area contributed by atoms with E-state index in [1.807, 2.05) is 32.0 Å². The zero-order valence-electron chi connectivity index (χ0n) is 12.9. The smallest absolute Gasteiger partial charge is 0.189 e. The van der Waals surface area contributed by atoms with Crippen molar-refractivity contribution in [1.82, 2.24) is 15.0 Å². The molecule has 0 saturated heterocycles. The Morgan fingerprint density at radius 2 is 2.10 bits per heavy atom. The molecule has 1 heterocycles. The first-order chi connectivity index (χ1) is 10.0. The fourth-order valence-electron chi connectivity index (χ4n) is 2.08. The van der Waals surface area contributed by atoms with Gasteiger partial charge in [0.15, 0.2) is 5.69 Å². The van der Waals surface area contributed by atoms with Crippen molar-refractivity contribution >= 4 is 0 Å². The van der Waals surface area contributed by atoms with Crippen LogP contribution in [0.2, 0.25) is 0 Å². The van der Waals surface area contributed by atoms with E-state index < -0.39 is 0 Å². The van der Waals surface area contributed by atoms with Gasteiger partial charge in [-0.3, -0.25) is 0 Å². The Kier molecular flexibility index (Phi) is 4.59. The lowest BCUT2D eigenvalue weighted by Gasteiger charge is -2.12. The van der Waals surface area contributed by atoms with Crippen molar-refractivity contribution < 1.29 is 4.74 Å². The van der Waals surface area contributed by atoms with E-state index >= 15 is 0 Å². The van der Waals surface area contributed by atoms with Crippen molar-refractivity contribution in [2.75, 3.05) is 0 Å². The molecule has 2 rings (SSSR count). The molecule has 0 spiro atoms. The molecule has 0 bridgehead atoms. The highest BCUT2D eigenvalue weighted by atomic mass is 16.5. The normalized spacial score (nSPS) is 10.7. The average molecular weight is 284 g/mol. The summed E-state index contributed by atoms with van der Waals surface area (Å²) in [6, 6.07) is 8.03. The van der Waals surface area contributed by atoms with Crippen LogP contribution >= 0.6 is 0 Å². The molecule has 5 nitrogen and oxygen atoms in total. The number of hydrogen-bond acceptors (Lipinski definition) is 4. The molecular weight excluding hydrogens is 264 g/mol. The standard InChI is InChI=1S/C16H20N4O/c1-11(2)9-20-15(14(8-17)18-19-20)10-21-16-7-5-6-12(3)13(16)4/h5-7,11H,9-10H2,1-4H3. The topological polar surface area (TPSA) is 63.7 Å². The van der Waals surface area contributed by atoms with Gasteiger partial charge in [-0.1, -0.05) is 31.2 Å². The van der Waals surface area contributed by atoms with Gasteiger partial charge in [0.05, 0.1) is 0 Å². The van der Waals surface area contributed by atoms with E-state index in [4.69, 9.17) is 10.00 Å². The molecular formula is C16H20N4O. The third-order valence-electron chi connectivity index (χ3n) is 3.40. The second kappa shape index (κ2) is 6.40. The minimum atomic E-state index is 0.299. The van der Waals surface area contributed by atoms with Crippen LogP contribution in [0.15, 0.2) is 18.2 Å². The second-order valence-electron chi connectivity index (χ2n) is 5.56. The van der Waals surface area contributed by atoms with Crippen LogP contribution in [0.1, 0.15) is 36.4 Å². The van der Waals surface area contributed by atoms with Crippen LogP contribution in [0.4, 0.5) is 0 Å². The van der Waals surface area contributed by atoms with Crippen LogP contribution in [-0.2, 0) is 13.2 Å². The highest BCUT2D eigenvalue weighted by Gasteiger charge is 2.15. The molecule has 2 aromatic rings. The summed E-state index contributed by atoms with van der Waals surface area (Å²) in [6.45, 7) is 9.30. The second-order valence-corrected chi connectivity index (χ2v) is 5.56. The predicted molar refractivity (Wildman–Crippen MR) is 79.8 cm³/mol. The SMILES string of the molecule is Cc1cccc(OCc2c(C#N)nnn2CC(C)C)c1C. The number of ether oxygens (including phenoxy) is 1. The lowest BCUT2D eigenvalue weighted by molar-refractivity contribution is 0.285. The minimum Gasteiger partial charge on any atom is -0.487 e. The predicted octanol–water partition coefficient (Wildman–Crippen LogP) is 3.00. The molecule has 0 aliphatic rings. The van der Waals surface area contributed by atoms with Crippen LogP contribution in [0.5, 0.6) is 5.75 Å². The van der Waals surface area contributed by atoms with Gasteiger partial charge in [0.25, 0.3) is 0 Å². The zero-order chi connectivity index (χ0) is 15.4. The summed E-state index contributed by atoms with van der Waals surface area (Å²) in [5.74, 6) is 1.26. The Hall–Kier alpha value is -2.35. The fraction of sp³-hybridized carbons (Fsp3) is 0.438. The number of aromatic nitrogens is 3. The Morgan fingerprint density at radius 3 is 2.76 bits per heavy atom. The molecule has 0 saturated carbocycles. The molecule has 110 valence electrons. The van der Waals surface area contributed by atoms with E-state index in [0.717, 1.165) is 23.6 Å². The van der Waals surface area contributed by atoms with Gasteiger partial charge < -0.3 is 4.74 Å². The van der Waals surface area contributed by atoms with Crippen molar-refractivity contribution in [3.05, 3.63) is 40.7 Å². The summed E-state index contributed by atoms with van der Waals surface area (Å²) in [5.41, 5.74) is 3.36. The summed E-state index contributed by atoms with van der Waals surface area (Å²) in [6.07, 6.45) is 0. The fourth-order valence-corrected chi connectivity index (χ4v) is 2.08. The number of benzene rings is 1. The molecule has 1 aromatic carbocycles. The molecule has 0 unspecified atom stereocenters. The van der Waals surface area contributed by atoms with Gasteiger partial charge in [0.2, 0.25) is 0 Å². The summed E-state index contributed by atoms with van der Waals surface area (Å²) in [7, 11) is 0. The molecule has 1 aromatic heterocycles. The molecule has 5 heteroatoms. The Morgan fingerprint density at radius 1 is 1.33 bits per heavy atom. The van der Waals surface area contributed by atoms with Gasteiger partial charge in [-0.2, -0.15) is 5.26 Å². The maximum Gasteiger partial charge on any atom is 0.189 e. The Bertz CT molecular complexity index is 667. The number of hydrogen-bond donors (Lipinski definition) is 0. The van der Waals surface area contributed by atoms with E-state index in [0.29, 0.717) is 18.2 Å². The monoisotopic (exact) mass is 284 g/mol. The van der Waals surface area contributed by atoms with Crippen LogP contribution in [-0.4, -0.2) is 15.0 Å². The minimum absolute atomic E-state index is 0.299. The Labute approximate surface area is 125 Å². The largest absolute Gasteiger partial charge is 0.487 e. The van der Waals surface area contributed by atoms with Gasteiger partial charge >= 0.3 is 0 Å². The van der Waals surface area contributed by atoms with Crippen LogP contribution in [0.3, 0.4) is 0 Å². The highest BCUT2D eigenvalue weighted by Crippen LogP contribution is 2.22. The van der Waals surface area contributed by atoms with Gasteiger partial charge in [0.1, 0.15) is 24.1 Å². The molecule has 21 heavy (non-hydrogen) atoms. The first-order valence-electron chi connectivity index (χ1n) is 7.04. The van der Waals surface area contributed by atoms with Crippen molar-refractivity contribution in [3.8, 4) is 11.8 Å².